The van der Waals surface area contributed by atoms with Crippen molar-refractivity contribution in [3.63, 3.8) is 0 Å². The van der Waals surface area contributed by atoms with E-state index in [1.165, 1.54) is 9.80 Å². The van der Waals surface area contributed by atoms with Gasteiger partial charge in [-0.1, -0.05) is 56.1 Å². The second-order valence-corrected chi connectivity index (χ2v) is 17.9. The topological polar surface area (TPSA) is 192 Å². The molecule has 2 aromatic rings. The molecular formula is C38H47ClN6O7S. The zero-order chi connectivity index (χ0) is 38.4. The van der Waals surface area contributed by atoms with Gasteiger partial charge in [0.1, 0.15) is 12.1 Å². The molecule has 284 valence electrons. The summed E-state index contributed by atoms with van der Waals surface area (Å²) in [5.74, 6) is -2.57. The summed E-state index contributed by atoms with van der Waals surface area (Å²) >= 11 is 6.35. The van der Waals surface area contributed by atoms with E-state index in [9.17, 15) is 32.9 Å². The van der Waals surface area contributed by atoms with Gasteiger partial charge in [-0.15, -0.1) is 0 Å². The van der Waals surface area contributed by atoms with Crippen molar-refractivity contribution >= 4 is 51.1 Å². The maximum atomic E-state index is 13.9. The Morgan fingerprint density at radius 3 is 2.51 bits per heavy atom. The highest BCUT2D eigenvalue weighted by Gasteiger charge is 2.56. The number of nitrogens with one attached hydrogen (secondary N) is 2. The van der Waals surface area contributed by atoms with E-state index in [1.54, 1.807) is 12.1 Å². The standard InChI is InChI=1S/C38H47ClN6O7S/c1-5-27-33(36(48)43-53(50,51)26-11-12-26)34(27)42-35(47)31-16-25(52-37(49)44-17-23-7-6-8-29(39)28(23)19-44)18-45(31)32(46)14-21(2)13-22-9-10-24(15-30(22)41)38(3,4)20-40/h6-10,15,21,25-27,31,33-34H,5,11-14,16-19,41H2,1-4H3,(H,42,47)(H,43,48). The fraction of sp³-hybridized carbons (Fsp3) is 0.553. The van der Waals surface area contributed by atoms with Crippen molar-refractivity contribution < 1.29 is 32.3 Å². The maximum absolute atomic E-state index is 13.9. The normalized spacial score (nSPS) is 24.2. The number of nitrogen functional groups attached to an aromatic ring is 1. The molecule has 3 fully saturated rings. The number of hydrogen-bond acceptors (Lipinski definition) is 9. The van der Waals surface area contributed by atoms with Gasteiger partial charge in [0.2, 0.25) is 27.7 Å². The molecule has 53 heavy (non-hydrogen) atoms. The Labute approximate surface area is 315 Å². The molecule has 0 bridgehead atoms. The second-order valence-electron chi connectivity index (χ2n) is 15.5. The lowest BCUT2D eigenvalue weighted by molar-refractivity contribution is -0.139. The van der Waals surface area contributed by atoms with E-state index in [-0.39, 0.29) is 43.7 Å². The summed E-state index contributed by atoms with van der Waals surface area (Å²) in [4.78, 5) is 57.2. The number of hydrogen-bond donors (Lipinski definition) is 3. The summed E-state index contributed by atoms with van der Waals surface area (Å²) in [5, 5.41) is 12.4. The van der Waals surface area contributed by atoms with E-state index >= 15 is 0 Å². The van der Waals surface area contributed by atoms with E-state index in [1.807, 2.05) is 52.0 Å². The fourth-order valence-electron chi connectivity index (χ4n) is 7.60. The van der Waals surface area contributed by atoms with Gasteiger partial charge in [0.15, 0.2) is 0 Å². The lowest BCUT2D eigenvalue weighted by Gasteiger charge is -2.25. The largest absolute Gasteiger partial charge is 0.444 e. The molecule has 13 nitrogen and oxygen atoms in total. The number of rotatable bonds is 12. The number of anilines is 1. The van der Waals surface area contributed by atoms with Gasteiger partial charge in [-0.3, -0.25) is 24.0 Å². The van der Waals surface area contributed by atoms with E-state index in [4.69, 9.17) is 22.1 Å². The Morgan fingerprint density at radius 2 is 1.87 bits per heavy atom. The number of likely N-dealkylation sites (tertiary alicyclic amines) is 1. The Morgan fingerprint density at radius 1 is 1.13 bits per heavy atom. The van der Waals surface area contributed by atoms with Crippen LogP contribution in [0.15, 0.2) is 36.4 Å². The van der Waals surface area contributed by atoms with Crippen molar-refractivity contribution in [2.75, 3.05) is 12.3 Å². The van der Waals surface area contributed by atoms with Gasteiger partial charge in [-0.05, 0) is 79.3 Å². The first-order chi connectivity index (χ1) is 25.0. The Balaban J connectivity index is 1.14. The first-order valence-electron chi connectivity index (χ1n) is 18.2. The quantitative estimate of drug-likeness (QED) is 0.266. The lowest BCUT2D eigenvalue weighted by Crippen LogP contribution is -2.47. The van der Waals surface area contributed by atoms with Crippen LogP contribution in [0.5, 0.6) is 0 Å². The van der Waals surface area contributed by atoms with Crippen molar-refractivity contribution in [1.82, 2.24) is 19.8 Å². The predicted molar refractivity (Wildman–Crippen MR) is 197 cm³/mol. The van der Waals surface area contributed by atoms with Crippen LogP contribution in [0.2, 0.25) is 5.02 Å². The molecule has 15 heteroatoms. The number of nitriles is 1. The van der Waals surface area contributed by atoms with Crippen molar-refractivity contribution in [2.24, 2.45) is 17.8 Å². The molecule has 4 aliphatic rings. The van der Waals surface area contributed by atoms with Crippen LogP contribution < -0.4 is 15.8 Å². The van der Waals surface area contributed by atoms with Gasteiger partial charge in [-0.25, -0.2) is 13.2 Å². The third-order valence-corrected chi connectivity index (χ3v) is 13.2. The second kappa shape index (κ2) is 14.8. The molecule has 0 spiro atoms. The Kier molecular flexibility index (Phi) is 10.7. The first-order valence-corrected chi connectivity index (χ1v) is 20.1. The summed E-state index contributed by atoms with van der Waals surface area (Å²) in [6.07, 6.45) is 0.833. The molecular weight excluding hydrogens is 720 g/mol. The summed E-state index contributed by atoms with van der Waals surface area (Å²) < 4.78 is 33.0. The molecule has 6 atom stereocenters. The average molecular weight is 767 g/mol. The van der Waals surface area contributed by atoms with Gasteiger partial charge in [0.05, 0.1) is 35.7 Å². The number of benzene rings is 2. The number of nitrogens with two attached hydrogens (primary N) is 1. The Bertz CT molecular complexity index is 1960. The van der Waals surface area contributed by atoms with Crippen LogP contribution in [0.25, 0.3) is 0 Å². The molecule has 0 radical (unpaired) electrons. The monoisotopic (exact) mass is 766 g/mol. The maximum Gasteiger partial charge on any atom is 0.410 e. The van der Waals surface area contributed by atoms with Gasteiger partial charge >= 0.3 is 6.09 Å². The molecule has 4 amide bonds. The molecule has 6 unspecified atom stereocenters. The van der Waals surface area contributed by atoms with Crippen molar-refractivity contribution in [3.8, 4) is 6.07 Å². The molecule has 2 heterocycles. The minimum atomic E-state index is -3.75. The van der Waals surface area contributed by atoms with E-state index < -0.39 is 62.7 Å². The van der Waals surface area contributed by atoms with Crippen molar-refractivity contribution in [2.45, 2.75) is 108 Å². The van der Waals surface area contributed by atoms with E-state index in [2.05, 4.69) is 16.1 Å². The van der Waals surface area contributed by atoms with Gasteiger partial charge < -0.3 is 20.7 Å². The summed E-state index contributed by atoms with van der Waals surface area (Å²) in [7, 11) is -3.75. The minimum Gasteiger partial charge on any atom is -0.444 e. The zero-order valence-corrected chi connectivity index (χ0v) is 32.0. The third kappa shape index (κ3) is 8.26. The number of nitrogens with zero attached hydrogens (tertiary/aromatic N) is 3. The molecule has 0 aromatic heterocycles. The molecule has 2 saturated carbocycles. The number of fused-ring (bicyclic) bond motifs is 1. The van der Waals surface area contributed by atoms with Gasteiger partial charge in [0.25, 0.3) is 0 Å². The Hall–Kier alpha value is -4.35. The third-order valence-electron chi connectivity index (χ3n) is 11.0. The summed E-state index contributed by atoms with van der Waals surface area (Å²) in [5.41, 5.74) is 9.59. The van der Waals surface area contributed by atoms with Crippen LogP contribution in [-0.2, 0) is 54.1 Å². The smallest absolute Gasteiger partial charge is 0.410 e. The number of sulfonamides is 1. The molecule has 4 N–H and O–H groups in total. The molecule has 2 aliphatic carbocycles. The summed E-state index contributed by atoms with van der Waals surface area (Å²) in [6.45, 7) is 8.02. The number of halogens is 1. The first kappa shape index (κ1) is 38.4. The van der Waals surface area contributed by atoms with Crippen LogP contribution in [0.4, 0.5) is 10.5 Å². The summed E-state index contributed by atoms with van der Waals surface area (Å²) in [6, 6.07) is 11.7. The highest BCUT2D eigenvalue weighted by Crippen LogP contribution is 2.43. The van der Waals surface area contributed by atoms with Crippen LogP contribution in [-0.4, -0.2) is 72.0 Å². The van der Waals surface area contributed by atoms with Crippen LogP contribution in [0.1, 0.15) is 82.1 Å². The highest BCUT2D eigenvalue weighted by molar-refractivity contribution is 7.90. The van der Waals surface area contributed by atoms with Gasteiger partial charge in [0, 0.05) is 36.1 Å². The van der Waals surface area contributed by atoms with Crippen LogP contribution in [0.3, 0.4) is 0 Å². The average Bonchev–Trinajstić information content (AvgIpc) is 3.99. The highest BCUT2D eigenvalue weighted by atomic mass is 35.5. The number of ether oxygens (including phenoxy) is 1. The van der Waals surface area contributed by atoms with Gasteiger partial charge in [-0.2, -0.15) is 5.26 Å². The van der Waals surface area contributed by atoms with Crippen molar-refractivity contribution in [1.29, 1.82) is 5.26 Å². The number of amides is 4. The van der Waals surface area contributed by atoms with E-state index in [0.717, 1.165) is 22.3 Å². The zero-order valence-electron chi connectivity index (χ0n) is 30.4. The lowest BCUT2D eigenvalue weighted by atomic mass is 9.84. The molecule has 2 aromatic carbocycles. The minimum absolute atomic E-state index is 0.00240. The molecule has 6 rings (SSSR count). The molecule has 2 aliphatic heterocycles. The van der Waals surface area contributed by atoms with Crippen LogP contribution >= 0.6 is 11.6 Å². The SMILES string of the molecule is CCC1C(NC(=O)C2CC(OC(=O)N3Cc4cccc(Cl)c4C3)CN2C(=O)CC(C)Cc2ccc(C(C)(C)C#N)cc2N)C1C(=O)NS(=O)(=O)C1CC1. The van der Waals surface area contributed by atoms with Crippen LogP contribution in [0, 0.1) is 29.1 Å². The fourth-order valence-corrected chi connectivity index (χ4v) is 9.19. The number of carbonyl (C=O) groups is 4. The molecule has 1 saturated heterocycles. The van der Waals surface area contributed by atoms with E-state index in [0.29, 0.717) is 42.9 Å². The number of carbonyl (C=O) groups excluding carboxylic acids is 4. The van der Waals surface area contributed by atoms with Crippen molar-refractivity contribution in [3.05, 3.63) is 63.7 Å². The predicted octanol–water partition coefficient (Wildman–Crippen LogP) is 4.16.